The highest BCUT2D eigenvalue weighted by atomic mass is 32.2. The Morgan fingerprint density at radius 2 is 1.61 bits per heavy atom. The number of rotatable bonds is 25. The molecule has 4 N–H and O–H groups in total. The number of esters is 1. The fourth-order valence-corrected chi connectivity index (χ4v) is 10.3. The van der Waals surface area contributed by atoms with Crippen LogP contribution in [-0.4, -0.2) is 136 Å². The second-order valence-corrected chi connectivity index (χ2v) is 18.3. The molecule has 4 rings (SSSR count). The molecule has 15 heteroatoms. The van der Waals surface area contributed by atoms with Crippen molar-refractivity contribution in [2.45, 2.75) is 122 Å². The highest BCUT2D eigenvalue weighted by molar-refractivity contribution is 7.91. The van der Waals surface area contributed by atoms with Crippen LogP contribution in [0.3, 0.4) is 0 Å². The smallest absolute Gasteiger partial charge is 0.302 e. The number of amides is 2. The summed E-state index contributed by atoms with van der Waals surface area (Å²) < 4.78 is 50.7. The molecule has 1 heterocycles. The third-order valence-electron chi connectivity index (χ3n) is 11.4. The van der Waals surface area contributed by atoms with Crippen molar-refractivity contribution in [2.75, 3.05) is 64.2 Å². The van der Waals surface area contributed by atoms with E-state index in [1.165, 1.54) is 6.92 Å². The summed E-state index contributed by atoms with van der Waals surface area (Å²) in [6.45, 7) is 8.81. The predicted molar refractivity (Wildman–Crippen MR) is 226 cm³/mol. The number of hydrogen-bond donors (Lipinski definition) is 4. The molecule has 1 saturated heterocycles. The van der Waals surface area contributed by atoms with E-state index in [4.69, 9.17) is 18.9 Å². The molecule has 2 aromatic carbocycles. The number of aliphatic hydroxyl groups is 2. The molecule has 0 bridgehead atoms. The van der Waals surface area contributed by atoms with Crippen molar-refractivity contribution < 1.29 is 52.0 Å². The summed E-state index contributed by atoms with van der Waals surface area (Å²) in [7, 11) is -4.17. The highest BCUT2D eigenvalue weighted by Gasteiger charge is 2.41. The van der Waals surface area contributed by atoms with Gasteiger partial charge in [-0.15, -0.1) is 0 Å². The van der Waals surface area contributed by atoms with Crippen molar-refractivity contribution in [2.24, 2.45) is 11.8 Å². The van der Waals surface area contributed by atoms with Gasteiger partial charge in [-0.25, -0.2) is 8.42 Å². The minimum absolute atomic E-state index is 0.0471. The number of unbranched alkanes of at least 4 members (excludes halogenated alkanes) is 1. The largest absolute Gasteiger partial charge is 0.460 e. The zero-order valence-electron chi connectivity index (χ0n) is 35.6. The first-order valence-electron chi connectivity index (χ1n) is 21.6. The van der Waals surface area contributed by atoms with Gasteiger partial charge in [-0.3, -0.25) is 19.3 Å². The van der Waals surface area contributed by atoms with Gasteiger partial charge in [0.05, 0.1) is 37.0 Å². The van der Waals surface area contributed by atoms with Crippen LogP contribution in [0.4, 0.5) is 0 Å². The topological polar surface area (TPSA) is 190 Å². The van der Waals surface area contributed by atoms with Gasteiger partial charge in [0, 0.05) is 39.8 Å². The fourth-order valence-electron chi connectivity index (χ4n) is 8.39. The summed E-state index contributed by atoms with van der Waals surface area (Å²) in [6.07, 6.45) is 4.97. The maximum atomic E-state index is 14.5. The first kappa shape index (κ1) is 48.5. The van der Waals surface area contributed by atoms with Crippen molar-refractivity contribution >= 4 is 38.4 Å². The van der Waals surface area contributed by atoms with Crippen LogP contribution in [0.1, 0.15) is 91.0 Å². The molecule has 5 atom stereocenters. The van der Waals surface area contributed by atoms with Crippen LogP contribution in [-0.2, 0) is 49.6 Å². The lowest BCUT2D eigenvalue weighted by molar-refractivity contribution is -0.241. The van der Waals surface area contributed by atoms with E-state index in [0.29, 0.717) is 39.1 Å². The monoisotopic (exact) mass is 847 g/mol. The van der Waals surface area contributed by atoms with E-state index in [0.717, 1.165) is 54.9 Å². The number of morpholine rings is 1. The quantitative estimate of drug-likeness (QED) is 0.0834. The molecule has 59 heavy (non-hydrogen) atoms. The number of nitrogens with one attached hydrogen (secondary N) is 2. The van der Waals surface area contributed by atoms with E-state index in [9.17, 15) is 33.0 Å². The van der Waals surface area contributed by atoms with Crippen LogP contribution in [0.15, 0.2) is 42.5 Å². The van der Waals surface area contributed by atoms with E-state index >= 15 is 0 Å². The lowest BCUT2D eigenvalue weighted by atomic mass is 9.83. The Hall–Kier alpha value is -3.18. The molecule has 0 radical (unpaired) electrons. The number of nitrogens with zero attached hydrogens (tertiary/aromatic N) is 1. The van der Waals surface area contributed by atoms with E-state index < -0.39 is 81.7 Å². The van der Waals surface area contributed by atoms with E-state index in [1.807, 2.05) is 54.3 Å². The Morgan fingerprint density at radius 1 is 0.932 bits per heavy atom. The Labute approximate surface area is 351 Å². The van der Waals surface area contributed by atoms with Gasteiger partial charge in [0.15, 0.2) is 9.84 Å². The van der Waals surface area contributed by atoms with Crippen molar-refractivity contribution in [3.05, 3.63) is 48.0 Å². The molecule has 2 fully saturated rings. The summed E-state index contributed by atoms with van der Waals surface area (Å²) in [5, 5.41) is 30.6. The molecule has 0 aromatic heterocycles. The second kappa shape index (κ2) is 24.3. The van der Waals surface area contributed by atoms with Crippen molar-refractivity contribution in [1.82, 2.24) is 15.5 Å². The number of benzene rings is 2. The third kappa shape index (κ3) is 15.7. The first-order chi connectivity index (χ1) is 28.3. The summed E-state index contributed by atoms with van der Waals surface area (Å²) in [5.74, 6) is -5.70. The second-order valence-electron chi connectivity index (χ2n) is 16.2. The number of sulfone groups is 1. The average Bonchev–Trinajstić information content (AvgIpc) is 3.21. The normalized spacial score (nSPS) is 18.4. The molecule has 2 aliphatic rings. The summed E-state index contributed by atoms with van der Waals surface area (Å²) in [6, 6.07) is 11.5. The number of β-amino-alcohol motifs (C(OH)–C–C–N with tert-alkyl or cyclic N) is 1. The molecule has 2 amide bonds. The molecule has 1 aliphatic carbocycles. The number of aliphatic hydroxyl groups excluding tert-OH is 2. The maximum Gasteiger partial charge on any atom is 0.302 e. The van der Waals surface area contributed by atoms with E-state index in [1.54, 1.807) is 13.8 Å². The number of hydrogen-bond acceptors (Lipinski definition) is 12. The molecule has 1 saturated carbocycles. The Morgan fingerprint density at radius 3 is 2.27 bits per heavy atom. The number of fused-ring (bicyclic) bond motifs is 1. The van der Waals surface area contributed by atoms with Crippen LogP contribution in [0.5, 0.6) is 0 Å². The fraction of sp³-hybridized carbons (Fsp3) is 0.705. The molecule has 332 valence electrons. The van der Waals surface area contributed by atoms with Gasteiger partial charge in [-0.1, -0.05) is 94.3 Å². The summed E-state index contributed by atoms with van der Waals surface area (Å²) in [4.78, 5) is 42.7. The lowest BCUT2D eigenvalue weighted by Gasteiger charge is -2.35. The van der Waals surface area contributed by atoms with E-state index in [2.05, 4.69) is 10.6 Å². The number of ether oxygens (including phenoxy) is 4. The molecule has 1 aliphatic heterocycles. The van der Waals surface area contributed by atoms with Crippen LogP contribution in [0, 0.1) is 11.8 Å². The SMILES string of the molecule is CCCC[C@H](NC(=O)[C@H](Cc1cccc2ccccc12)CS(=O)(=O)CC(COC(C)=O)(OCC)OCC)C(=O)N[C@@H](CC1CCCCC1)[C@@H](O)[C@@H](O)CN1CCOCC1. The lowest BCUT2D eigenvalue weighted by Crippen LogP contribution is -2.57. The molecular formula is C44H69N3O11S. The van der Waals surface area contributed by atoms with Gasteiger partial charge >= 0.3 is 5.97 Å². The van der Waals surface area contributed by atoms with Gasteiger partial charge in [-0.05, 0) is 55.4 Å². The van der Waals surface area contributed by atoms with Crippen LogP contribution < -0.4 is 10.6 Å². The van der Waals surface area contributed by atoms with Gasteiger partial charge in [0.2, 0.25) is 17.6 Å². The Balaban J connectivity index is 1.62. The van der Waals surface area contributed by atoms with Crippen LogP contribution in [0.2, 0.25) is 0 Å². The molecule has 2 aromatic rings. The van der Waals surface area contributed by atoms with Gasteiger partial charge in [-0.2, -0.15) is 0 Å². The van der Waals surface area contributed by atoms with Gasteiger partial charge in [0.1, 0.15) is 24.5 Å². The third-order valence-corrected chi connectivity index (χ3v) is 13.2. The van der Waals surface area contributed by atoms with Crippen molar-refractivity contribution in [1.29, 1.82) is 0 Å². The van der Waals surface area contributed by atoms with Crippen molar-refractivity contribution in [3.63, 3.8) is 0 Å². The minimum atomic E-state index is -4.17. The van der Waals surface area contributed by atoms with Gasteiger partial charge in [0.25, 0.3) is 0 Å². The molecule has 0 spiro atoms. The van der Waals surface area contributed by atoms with Gasteiger partial charge < -0.3 is 39.8 Å². The zero-order valence-corrected chi connectivity index (χ0v) is 36.4. The Kier molecular flexibility index (Phi) is 20.0. The van der Waals surface area contributed by atoms with Crippen LogP contribution in [0.25, 0.3) is 10.8 Å². The van der Waals surface area contributed by atoms with Crippen LogP contribution >= 0.6 is 0 Å². The zero-order chi connectivity index (χ0) is 42.8. The molecular weight excluding hydrogens is 779 g/mol. The van der Waals surface area contributed by atoms with Crippen molar-refractivity contribution in [3.8, 4) is 0 Å². The summed E-state index contributed by atoms with van der Waals surface area (Å²) >= 11 is 0. The minimum Gasteiger partial charge on any atom is -0.460 e. The number of carbonyl (C=O) groups is 3. The Bertz CT molecular complexity index is 1700. The molecule has 14 nitrogen and oxygen atoms in total. The molecule has 0 unspecified atom stereocenters. The summed E-state index contributed by atoms with van der Waals surface area (Å²) in [5.41, 5.74) is 0.763. The van der Waals surface area contributed by atoms with E-state index in [-0.39, 0.29) is 38.5 Å². The standard InChI is InChI=1S/C44H69N3O11S/c1-5-8-21-38(43(52)46-39(26-33-15-10-9-11-16-33)41(50)40(49)28-47-22-24-55-25-23-47)45-42(51)36(27-35-19-14-18-34-17-12-13-20-37(34)35)29-59(53,54)31-44(57-6-2,58-7-3)30-56-32(4)48/h12-14,17-20,33,36,38-41,49-50H,5-11,15-16,21-31H2,1-4H3,(H,45,51)(H,46,52)/t36-,38+,39+,40+,41-/m1/s1. The highest BCUT2D eigenvalue weighted by Crippen LogP contribution is 2.29. The predicted octanol–water partition coefficient (Wildman–Crippen LogP) is 3.93. The average molecular weight is 848 g/mol. The first-order valence-corrected chi connectivity index (χ1v) is 23.5. The number of carbonyl (C=O) groups excluding carboxylic acids is 3. The maximum absolute atomic E-state index is 14.5.